The summed E-state index contributed by atoms with van der Waals surface area (Å²) in [6.45, 7) is 6.25. The third kappa shape index (κ3) is 3.95. The molecule has 3 rings (SSSR count). The summed E-state index contributed by atoms with van der Waals surface area (Å²) >= 11 is 3.15. The smallest absolute Gasteiger partial charge is 0.230 e. The van der Waals surface area contributed by atoms with E-state index in [0.717, 1.165) is 15.9 Å². The van der Waals surface area contributed by atoms with Gasteiger partial charge in [-0.2, -0.15) is 0 Å². The molecule has 0 saturated heterocycles. The molecular formula is C16H22N4OS2. The van der Waals surface area contributed by atoms with E-state index in [1.54, 1.807) is 11.3 Å². The molecule has 0 bridgehead atoms. The van der Waals surface area contributed by atoms with Gasteiger partial charge in [-0.05, 0) is 37.1 Å². The van der Waals surface area contributed by atoms with Crippen molar-refractivity contribution in [3.8, 4) is 10.7 Å². The van der Waals surface area contributed by atoms with Crippen LogP contribution in [0.4, 0.5) is 0 Å². The summed E-state index contributed by atoms with van der Waals surface area (Å²) in [7, 11) is 0. The molecule has 0 unspecified atom stereocenters. The molecular weight excluding hydrogens is 328 g/mol. The van der Waals surface area contributed by atoms with Crippen LogP contribution in [0.5, 0.6) is 0 Å². The number of carbonyl (C=O) groups is 1. The average molecular weight is 351 g/mol. The lowest BCUT2D eigenvalue weighted by Gasteiger charge is -2.17. The molecule has 0 aromatic carbocycles. The number of nitrogens with zero attached hydrogens (tertiary/aromatic N) is 3. The summed E-state index contributed by atoms with van der Waals surface area (Å²) in [4.78, 5) is 13.2. The molecule has 0 spiro atoms. The van der Waals surface area contributed by atoms with E-state index in [1.165, 1.54) is 24.6 Å². The van der Waals surface area contributed by atoms with Crippen molar-refractivity contribution in [1.82, 2.24) is 20.1 Å². The number of hydrogen-bond acceptors (Lipinski definition) is 5. The second-order valence-electron chi connectivity index (χ2n) is 6.27. The van der Waals surface area contributed by atoms with Crippen molar-refractivity contribution in [3.05, 3.63) is 17.5 Å². The fourth-order valence-electron chi connectivity index (χ4n) is 2.20. The van der Waals surface area contributed by atoms with Gasteiger partial charge < -0.3 is 5.32 Å². The summed E-state index contributed by atoms with van der Waals surface area (Å²) in [6, 6.07) is 4.77. The molecule has 1 aliphatic carbocycles. The topological polar surface area (TPSA) is 59.8 Å². The molecule has 2 aromatic heterocycles. The van der Waals surface area contributed by atoms with Gasteiger partial charge in [-0.25, -0.2) is 0 Å². The van der Waals surface area contributed by atoms with Crippen LogP contribution in [0.25, 0.3) is 10.7 Å². The van der Waals surface area contributed by atoms with Gasteiger partial charge in [0.05, 0.1) is 10.6 Å². The van der Waals surface area contributed by atoms with Gasteiger partial charge in [-0.1, -0.05) is 31.7 Å². The van der Waals surface area contributed by atoms with E-state index < -0.39 is 0 Å². The Bertz CT molecular complexity index is 662. The summed E-state index contributed by atoms with van der Waals surface area (Å²) < 4.78 is 2.20. The minimum atomic E-state index is 0.0548. The SMILES string of the molecule is CC(C)[C@@H](C)NC(=O)CSc1nnc(-c2cccs2)n1C1CC1. The van der Waals surface area contributed by atoms with E-state index >= 15 is 0 Å². The molecule has 7 heteroatoms. The van der Waals surface area contributed by atoms with Gasteiger partial charge in [-0.3, -0.25) is 9.36 Å². The van der Waals surface area contributed by atoms with Crippen molar-refractivity contribution in [2.45, 2.75) is 50.9 Å². The van der Waals surface area contributed by atoms with Gasteiger partial charge in [0.15, 0.2) is 11.0 Å². The van der Waals surface area contributed by atoms with Crippen LogP contribution in [0.2, 0.25) is 0 Å². The van der Waals surface area contributed by atoms with Crippen molar-refractivity contribution in [2.24, 2.45) is 5.92 Å². The van der Waals surface area contributed by atoms with Gasteiger partial charge in [0.2, 0.25) is 5.91 Å². The van der Waals surface area contributed by atoms with Crippen LogP contribution in [0, 0.1) is 5.92 Å². The van der Waals surface area contributed by atoms with Crippen LogP contribution in [-0.2, 0) is 4.79 Å². The number of carbonyl (C=O) groups excluding carboxylic acids is 1. The first-order valence-corrected chi connectivity index (χ1v) is 9.83. The highest BCUT2D eigenvalue weighted by molar-refractivity contribution is 7.99. The molecule has 1 atom stereocenters. The zero-order chi connectivity index (χ0) is 16.4. The standard InChI is InChI=1S/C16H22N4OS2/c1-10(2)11(3)17-14(21)9-23-16-19-18-15(13-5-4-8-22-13)20(16)12-6-7-12/h4-5,8,10-12H,6-7,9H2,1-3H3,(H,17,21)/t11-/m1/s1. The molecule has 1 saturated carbocycles. The Hall–Kier alpha value is -1.34. The van der Waals surface area contributed by atoms with E-state index in [4.69, 9.17) is 0 Å². The van der Waals surface area contributed by atoms with Gasteiger partial charge in [0.25, 0.3) is 0 Å². The maximum Gasteiger partial charge on any atom is 0.230 e. The predicted molar refractivity (Wildman–Crippen MR) is 94.8 cm³/mol. The Balaban J connectivity index is 1.68. The van der Waals surface area contributed by atoms with Crippen molar-refractivity contribution >= 4 is 29.0 Å². The summed E-state index contributed by atoms with van der Waals surface area (Å²) in [5.41, 5.74) is 0. The molecule has 23 heavy (non-hydrogen) atoms. The Kier molecular flexibility index (Phi) is 5.06. The number of nitrogens with one attached hydrogen (secondary N) is 1. The molecule has 2 aromatic rings. The molecule has 1 fully saturated rings. The number of thioether (sulfide) groups is 1. The fourth-order valence-corrected chi connectivity index (χ4v) is 3.73. The normalized spacial score (nSPS) is 15.8. The first kappa shape index (κ1) is 16.5. The highest BCUT2D eigenvalue weighted by Crippen LogP contribution is 2.41. The molecule has 124 valence electrons. The maximum absolute atomic E-state index is 12.1. The monoisotopic (exact) mass is 350 g/mol. The number of rotatable bonds is 7. The fraction of sp³-hybridized carbons (Fsp3) is 0.562. The maximum atomic E-state index is 12.1. The third-order valence-corrected chi connectivity index (χ3v) is 5.85. The zero-order valence-electron chi connectivity index (χ0n) is 13.7. The number of thiophene rings is 1. The van der Waals surface area contributed by atoms with E-state index in [2.05, 4.69) is 45.4 Å². The molecule has 2 heterocycles. The average Bonchev–Trinajstić information content (AvgIpc) is 3.04. The zero-order valence-corrected chi connectivity index (χ0v) is 15.3. The Morgan fingerprint density at radius 3 is 2.83 bits per heavy atom. The largest absolute Gasteiger partial charge is 0.353 e. The minimum Gasteiger partial charge on any atom is -0.353 e. The van der Waals surface area contributed by atoms with E-state index in [-0.39, 0.29) is 11.9 Å². The summed E-state index contributed by atoms with van der Waals surface area (Å²) in [5, 5.41) is 14.6. The number of aromatic nitrogens is 3. The van der Waals surface area contributed by atoms with Crippen LogP contribution in [0.1, 0.15) is 39.7 Å². The lowest BCUT2D eigenvalue weighted by molar-refractivity contribution is -0.119. The molecule has 0 radical (unpaired) electrons. The molecule has 1 aliphatic rings. The van der Waals surface area contributed by atoms with Crippen molar-refractivity contribution in [2.75, 3.05) is 5.75 Å². The van der Waals surface area contributed by atoms with Gasteiger partial charge in [-0.15, -0.1) is 21.5 Å². The van der Waals surface area contributed by atoms with E-state index in [9.17, 15) is 4.79 Å². The second kappa shape index (κ2) is 7.05. The number of hydrogen-bond donors (Lipinski definition) is 1. The van der Waals surface area contributed by atoms with E-state index in [0.29, 0.717) is 17.7 Å². The lowest BCUT2D eigenvalue weighted by atomic mass is 10.1. The predicted octanol–water partition coefficient (Wildman–Crippen LogP) is 3.59. The highest BCUT2D eigenvalue weighted by Gasteiger charge is 2.30. The first-order chi connectivity index (χ1) is 11.1. The first-order valence-electron chi connectivity index (χ1n) is 7.97. The van der Waals surface area contributed by atoms with Crippen molar-refractivity contribution in [3.63, 3.8) is 0 Å². The lowest BCUT2D eigenvalue weighted by Crippen LogP contribution is -2.37. The van der Waals surface area contributed by atoms with Crippen molar-refractivity contribution < 1.29 is 4.79 Å². The number of amides is 1. The Labute approximate surface area is 144 Å². The molecule has 5 nitrogen and oxygen atoms in total. The quantitative estimate of drug-likeness (QED) is 0.775. The van der Waals surface area contributed by atoms with Crippen LogP contribution in [0.3, 0.4) is 0 Å². The van der Waals surface area contributed by atoms with Gasteiger partial charge in [0, 0.05) is 12.1 Å². The highest BCUT2D eigenvalue weighted by atomic mass is 32.2. The van der Waals surface area contributed by atoms with Gasteiger partial charge in [0.1, 0.15) is 0 Å². The minimum absolute atomic E-state index is 0.0548. The van der Waals surface area contributed by atoms with Crippen LogP contribution in [-0.4, -0.2) is 32.5 Å². The van der Waals surface area contributed by atoms with Crippen molar-refractivity contribution in [1.29, 1.82) is 0 Å². The van der Waals surface area contributed by atoms with Crippen LogP contribution >= 0.6 is 23.1 Å². The van der Waals surface area contributed by atoms with Gasteiger partial charge >= 0.3 is 0 Å². The van der Waals surface area contributed by atoms with E-state index in [1.807, 2.05) is 13.0 Å². The Morgan fingerprint density at radius 2 is 2.22 bits per heavy atom. The molecule has 1 N–H and O–H groups in total. The molecule has 0 aliphatic heterocycles. The van der Waals surface area contributed by atoms with Crippen LogP contribution in [0.15, 0.2) is 22.7 Å². The molecule has 1 amide bonds. The Morgan fingerprint density at radius 1 is 1.43 bits per heavy atom. The third-order valence-electron chi connectivity index (χ3n) is 4.04. The second-order valence-corrected chi connectivity index (χ2v) is 8.16. The van der Waals surface area contributed by atoms with Crippen LogP contribution < -0.4 is 5.32 Å². The summed E-state index contributed by atoms with van der Waals surface area (Å²) in [5.74, 6) is 1.80. The summed E-state index contributed by atoms with van der Waals surface area (Å²) in [6.07, 6.45) is 2.33.